The van der Waals surface area contributed by atoms with E-state index in [2.05, 4.69) is 20.7 Å². The highest BCUT2D eigenvalue weighted by Gasteiger charge is 2.18. The van der Waals surface area contributed by atoms with E-state index in [9.17, 15) is 10.1 Å². The summed E-state index contributed by atoms with van der Waals surface area (Å²) < 4.78 is 5.09. The SMILES string of the molecule is COCc1ccccc1Nc1nc(NN)ncc1[N+](=O)[O-]. The number of methoxy groups -OCH3 is 1. The lowest BCUT2D eigenvalue weighted by Gasteiger charge is -2.11. The second-order valence-corrected chi connectivity index (χ2v) is 4.04. The van der Waals surface area contributed by atoms with Crippen molar-refractivity contribution in [2.45, 2.75) is 6.61 Å². The van der Waals surface area contributed by atoms with Crippen molar-refractivity contribution in [1.29, 1.82) is 0 Å². The number of nitro groups is 1. The fraction of sp³-hybridized carbons (Fsp3) is 0.167. The Morgan fingerprint density at radius 1 is 1.43 bits per heavy atom. The van der Waals surface area contributed by atoms with Gasteiger partial charge in [-0.25, -0.2) is 10.8 Å². The molecule has 0 atom stereocenters. The van der Waals surface area contributed by atoms with Gasteiger partial charge in [0.05, 0.1) is 11.5 Å². The van der Waals surface area contributed by atoms with Gasteiger partial charge in [0.1, 0.15) is 6.20 Å². The molecule has 0 amide bonds. The molecular formula is C12H14N6O3. The van der Waals surface area contributed by atoms with Crippen molar-refractivity contribution in [2.24, 2.45) is 5.84 Å². The second-order valence-electron chi connectivity index (χ2n) is 4.04. The molecule has 0 aliphatic rings. The summed E-state index contributed by atoms with van der Waals surface area (Å²) >= 11 is 0. The number of ether oxygens (including phenoxy) is 1. The van der Waals surface area contributed by atoms with Crippen molar-refractivity contribution in [3.8, 4) is 0 Å². The minimum Gasteiger partial charge on any atom is -0.380 e. The molecule has 4 N–H and O–H groups in total. The van der Waals surface area contributed by atoms with Crippen LogP contribution in [0.4, 0.5) is 23.1 Å². The van der Waals surface area contributed by atoms with Gasteiger partial charge in [-0.15, -0.1) is 0 Å². The number of aromatic nitrogens is 2. The molecule has 9 nitrogen and oxygen atoms in total. The first-order chi connectivity index (χ1) is 10.2. The molecule has 1 aromatic carbocycles. The van der Waals surface area contributed by atoms with Crippen molar-refractivity contribution in [2.75, 3.05) is 17.9 Å². The molecule has 0 unspecified atom stereocenters. The summed E-state index contributed by atoms with van der Waals surface area (Å²) in [5.74, 6) is 5.35. The van der Waals surface area contributed by atoms with Gasteiger partial charge in [-0.1, -0.05) is 18.2 Å². The third-order valence-electron chi connectivity index (χ3n) is 2.67. The maximum absolute atomic E-state index is 11.0. The van der Waals surface area contributed by atoms with Gasteiger partial charge in [-0.2, -0.15) is 4.98 Å². The number of anilines is 3. The number of benzene rings is 1. The van der Waals surface area contributed by atoms with Crippen LogP contribution in [0, 0.1) is 10.1 Å². The summed E-state index contributed by atoms with van der Waals surface area (Å²) in [5, 5.41) is 13.9. The minimum atomic E-state index is -0.568. The summed E-state index contributed by atoms with van der Waals surface area (Å²) in [5.41, 5.74) is 3.50. The van der Waals surface area contributed by atoms with Crippen LogP contribution in [-0.2, 0) is 11.3 Å². The van der Waals surface area contributed by atoms with E-state index in [0.717, 1.165) is 11.8 Å². The predicted octanol–water partition coefficient (Wildman–Crippen LogP) is 1.56. The Morgan fingerprint density at radius 2 is 2.19 bits per heavy atom. The molecule has 110 valence electrons. The second kappa shape index (κ2) is 6.59. The molecule has 0 saturated heterocycles. The van der Waals surface area contributed by atoms with Gasteiger partial charge in [-0.3, -0.25) is 15.5 Å². The standard InChI is InChI=1S/C12H14N6O3/c1-21-7-8-4-2-3-5-9(8)15-11-10(18(19)20)6-14-12(16-11)17-13/h2-6H,7,13H2,1H3,(H2,14,15,16,17). The van der Waals surface area contributed by atoms with Crippen molar-refractivity contribution in [3.05, 3.63) is 46.1 Å². The van der Waals surface area contributed by atoms with E-state index in [1.807, 2.05) is 12.1 Å². The highest BCUT2D eigenvalue weighted by atomic mass is 16.6. The van der Waals surface area contributed by atoms with Crippen LogP contribution < -0.4 is 16.6 Å². The zero-order valence-corrected chi connectivity index (χ0v) is 11.2. The van der Waals surface area contributed by atoms with Crippen LogP contribution in [0.15, 0.2) is 30.5 Å². The Balaban J connectivity index is 2.40. The number of nitrogens with one attached hydrogen (secondary N) is 2. The first kappa shape index (κ1) is 14.6. The first-order valence-corrected chi connectivity index (χ1v) is 5.97. The van der Waals surface area contributed by atoms with Crippen molar-refractivity contribution in [3.63, 3.8) is 0 Å². The Bertz CT molecular complexity index is 649. The third-order valence-corrected chi connectivity index (χ3v) is 2.67. The monoisotopic (exact) mass is 290 g/mol. The van der Waals surface area contributed by atoms with Crippen molar-refractivity contribution in [1.82, 2.24) is 9.97 Å². The normalized spacial score (nSPS) is 10.2. The molecule has 2 rings (SSSR count). The molecule has 1 heterocycles. The van der Waals surface area contributed by atoms with Gasteiger partial charge in [-0.05, 0) is 6.07 Å². The van der Waals surface area contributed by atoms with Crippen LogP contribution in [-0.4, -0.2) is 22.0 Å². The van der Waals surface area contributed by atoms with E-state index in [-0.39, 0.29) is 17.5 Å². The first-order valence-electron chi connectivity index (χ1n) is 5.97. The zero-order chi connectivity index (χ0) is 15.2. The largest absolute Gasteiger partial charge is 0.380 e. The van der Waals surface area contributed by atoms with Crippen molar-refractivity contribution < 1.29 is 9.66 Å². The molecule has 21 heavy (non-hydrogen) atoms. The van der Waals surface area contributed by atoms with Crippen molar-refractivity contribution >= 4 is 23.1 Å². The molecule has 0 spiro atoms. The number of para-hydroxylation sites is 1. The summed E-state index contributed by atoms with van der Waals surface area (Å²) in [7, 11) is 1.57. The Morgan fingerprint density at radius 3 is 2.86 bits per heavy atom. The van der Waals surface area contributed by atoms with Gasteiger partial charge in [0.25, 0.3) is 0 Å². The molecule has 0 aliphatic heterocycles. The smallest absolute Gasteiger partial charge is 0.329 e. The van der Waals surface area contributed by atoms with Gasteiger partial charge >= 0.3 is 5.69 Å². The van der Waals surface area contributed by atoms with Gasteiger partial charge in [0.15, 0.2) is 0 Å². The topological polar surface area (TPSA) is 128 Å². The Labute approximate surface area is 120 Å². The van der Waals surface area contributed by atoms with E-state index < -0.39 is 4.92 Å². The highest BCUT2D eigenvalue weighted by Crippen LogP contribution is 2.27. The quantitative estimate of drug-likeness (QED) is 0.415. The lowest BCUT2D eigenvalue weighted by Crippen LogP contribution is -2.12. The molecular weight excluding hydrogens is 276 g/mol. The Hall–Kier alpha value is -2.78. The summed E-state index contributed by atoms with van der Waals surface area (Å²) in [6.45, 7) is 0.365. The van der Waals surface area contributed by atoms with E-state index in [1.54, 1.807) is 19.2 Å². The predicted molar refractivity (Wildman–Crippen MR) is 76.9 cm³/mol. The summed E-state index contributed by atoms with van der Waals surface area (Å²) in [4.78, 5) is 18.2. The molecule has 0 aliphatic carbocycles. The molecule has 0 radical (unpaired) electrons. The lowest BCUT2D eigenvalue weighted by molar-refractivity contribution is -0.384. The van der Waals surface area contributed by atoms with Crippen LogP contribution in [0.1, 0.15) is 5.56 Å². The summed E-state index contributed by atoms with van der Waals surface area (Å²) in [6, 6.07) is 7.27. The van der Waals surface area contributed by atoms with Crippen LogP contribution >= 0.6 is 0 Å². The van der Waals surface area contributed by atoms with E-state index in [0.29, 0.717) is 12.3 Å². The number of nitrogen functional groups attached to an aromatic ring is 1. The lowest BCUT2D eigenvalue weighted by atomic mass is 10.2. The van der Waals surface area contributed by atoms with Gasteiger partial charge in [0, 0.05) is 18.4 Å². The number of nitrogens with two attached hydrogens (primary N) is 1. The maximum Gasteiger partial charge on any atom is 0.329 e. The number of nitrogens with zero attached hydrogens (tertiary/aromatic N) is 3. The van der Waals surface area contributed by atoms with Crippen LogP contribution in [0.2, 0.25) is 0 Å². The van der Waals surface area contributed by atoms with Crippen LogP contribution in [0.25, 0.3) is 0 Å². The third kappa shape index (κ3) is 3.41. The number of hydrazine groups is 1. The number of rotatable bonds is 6. The van der Waals surface area contributed by atoms with E-state index >= 15 is 0 Å². The zero-order valence-electron chi connectivity index (χ0n) is 11.2. The van der Waals surface area contributed by atoms with Crippen LogP contribution in [0.3, 0.4) is 0 Å². The van der Waals surface area contributed by atoms with E-state index in [1.165, 1.54) is 0 Å². The van der Waals surface area contributed by atoms with E-state index in [4.69, 9.17) is 10.6 Å². The number of hydrogen-bond acceptors (Lipinski definition) is 8. The average molecular weight is 290 g/mol. The molecule has 2 aromatic rings. The molecule has 1 aromatic heterocycles. The maximum atomic E-state index is 11.0. The average Bonchev–Trinajstić information content (AvgIpc) is 2.49. The fourth-order valence-corrected chi connectivity index (χ4v) is 1.72. The fourth-order valence-electron chi connectivity index (χ4n) is 1.72. The van der Waals surface area contributed by atoms with Crippen LogP contribution in [0.5, 0.6) is 0 Å². The Kier molecular flexibility index (Phi) is 4.59. The van der Waals surface area contributed by atoms with Gasteiger partial charge < -0.3 is 10.1 Å². The summed E-state index contributed by atoms with van der Waals surface area (Å²) in [6.07, 6.45) is 1.09. The van der Waals surface area contributed by atoms with Gasteiger partial charge in [0.2, 0.25) is 11.8 Å². The highest BCUT2D eigenvalue weighted by molar-refractivity contribution is 5.68. The molecule has 0 saturated carbocycles. The molecule has 0 bridgehead atoms. The number of hydrogen-bond donors (Lipinski definition) is 3. The minimum absolute atomic E-state index is 0.0477. The molecule has 9 heteroatoms. The molecule has 0 fully saturated rings.